The lowest BCUT2D eigenvalue weighted by molar-refractivity contribution is 0.0594. The molecule has 0 N–H and O–H groups in total. The van der Waals surface area contributed by atoms with E-state index in [2.05, 4.69) is 12.6 Å². The molecule has 1 heterocycles. The smallest absolute Gasteiger partial charge is 0.127 e. The van der Waals surface area contributed by atoms with Crippen LogP contribution in [0.4, 0.5) is 4.39 Å². The van der Waals surface area contributed by atoms with Crippen molar-refractivity contribution in [1.82, 2.24) is 0 Å². The monoisotopic (exact) mass is 260 g/mol. The molecule has 0 aliphatic carbocycles. The molecule has 0 amide bonds. The van der Waals surface area contributed by atoms with Crippen LogP contribution in [0.25, 0.3) is 0 Å². The highest BCUT2D eigenvalue weighted by Gasteiger charge is 2.24. The largest absolute Gasteiger partial charge is 0.381 e. The van der Waals surface area contributed by atoms with Crippen molar-refractivity contribution in [2.75, 3.05) is 13.2 Å². The topological polar surface area (TPSA) is 9.23 Å². The van der Waals surface area contributed by atoms with Crippen molar-refractivity contribution < 1.29 is 9.13 Å². The Morgan fingerprint density at radius 1 is 1.50 bits per heavy atom. The van der Waals surface area contributed by atoms with Gasteiger partial charge in [-0.05, 0) is 30.9 Å². The van der Waals surface area contributed by atoms with Gasteiger partial charge in [0, 0.05) is 22.4 Å². The predicted molar refractivity (Wildman–Crippen MR) is 66.8 cm³/mol. The molecule has 0 bridgehead atoms. The summed E-state index contributed by atoms with van der Waals surface area (Å²) in [5, 5.41) is 0.760. The Bertz CT molecular complexity index is 352. The fourth-order valence-electron chi connectivity index (χ4n) is 1.97. The molecule has 1 aromatic carbocycles. The summed E-state index contributed by atoms with van der Waals surface area (Å²) in [4.78, 5) is 0. The highest BCUT2D eigenvalue weighted by molar-refractivity contribution is 7.81. The Labute approximate surface area is 105 Å². The normalized spacial score (nSPS) is 25.7. The molecule has 4 heteroatoms. The summed E-state index contributed by atoms with van der Waals surface area (Å²) >= 11 is 10.5. The predicted octanol–water partition coefficient (Wildman–Crippen LogP) is 3.36. The van der Waals surface area contributed by atoms with Gasteiger partial charge in [-0.3, -0.25) is 0 Å². The zero-order chi connectivity index (χ0) is 11.5. The van der Waals surface area contributed by atoms with E-state index in [1.165, 1.54) is 6.07 Å². The van der Waals surface area contributed by atoms with Crippen LogP contribution in [0.2, 0.25) is 5.02 Å². The van der Waals surface area contributed by atoms with Crippen LogP contribution in [0.5, 0.6) is 0 Å². The second-order valence-corrected chi connectivity index (χ2v) is 5.17. The maximum atomic E-state index is 13.6. The zero-order valence-electron chi connectivity index (χ0n) is 8.83. The summed E-state index contributed by atoms with van der Waals surface area (Å²) in [6, 6.07) is 4.78. The van der Waals surface area contributed by atoms with E-state index in [9.17, 15) is 4.39 Å². The third kappa shape index (κ3) is 2.70. The lowest BCUT2D eigenvalue weighted by atomic mass is 9.93. The van der Waals surface area contributed by atoms with E-state index >= 15 is 0 Å². The summed E-state index contributed by atoms with van der Waals surface area (Å²) in [5.41, 5.74) is 0.582. The van der Waals surface area contributed by atoms with E-state index in [-0.39, 0.29) is 17.0 Å². The van der Waals surface area contributed by atoms with E-state index in [4.69, 9.17) is 16.3 Å². The molecule has 16 heavy (non-hydrogen) atoms. The number of ether oxygens (including phenoxy) is 1. The minimum Gasteiger partial charge on any atom is -0.381 e. The Morgan fingerprint density at radius 3 is 3.00 bits per heavy atom. The molecule has 88 valence electrons. The summed E-state index contributed by atoms with van der Waals surface area (Å²) < 4.78 is 19.0. The van der Waals surface area contributed by atoms with Crippen molar-refractivity contribution >= 4 is 24.2 Å². The van der Waals surface area contributed by atoms with Gasteiger partial charge in [-0.15, -0.1) is 0 Å². The third-order valence-electron chi connectivity index (χ3n) is 2.96. The highest BCUT2D eigenvalue weighted by Crippen LogP contribution is 2.28. The van der Waals surface area contributed by atoms with E-state index < -0.39 is 0 Å². The van der Waals surface area contributed by atoms with Crippen molar-refractivity contribution in [3.63, 3.8) is 0 Å². The zero-order valence-corrected chi connectivity index (χ0v) is 10.5. The molecule has 1 saturated heterocycles. The van der Waals surface area contributed by atoms with Crippen molar-refractivity contribution in [2.24, 2.45) is 5.92 Å². The van der Waals surface area contributed by atoms with Crippen LogP contribution < -0.4 is 0 Å². The van der Waals surface area contributed by atoms with Gasteiger partial charge in [0.15, 0.2) is 0 Å². The molecule has 1 aromatic rings. The van der Waals surface area contributed by atoms with Gasteiger partial charge in [0.2, 0.25) is 0 Å². The van der Waals surface area contributed by atoms with Gasteiger partial charge in [-0.1, -0.05) is 17.7 Å². The summed E-state index contributed by atoms with van der Waals surface area (Å²) in [6.07, 6.45) is 1.51. The number of rotatable bonds is 2. The Kier molecular flexibility index (Phi) is 4.11. The van der Waals surface area contributed by atoms with E-state index in [1.54, 1.807) is 12.1 Å². The Hall–Kier alpha value is -0.250. The molecule has 1 aliphatic heterocycles. The number of hydrogen-bond acceptors (Lipinski definition) is 2. The fourth-order valence-corrected chi connectivity index (χ4v) is 2.51. The molecule has 0 aromatic heterocycles. The molecule has 0 unspecified atom stereocenters. The molecule has 0 saturated carbocycles. The second-order valence-electron chi connectivity index (χ2n) is 4.10. The fraction of sp³-hybridized carbons (Fsp3) is 0.500. The molecule has 2 atom stereocenters. The van der Waals surface area contributed by atoms with Crippen LogP contribution in [-0.4, -0.2) is 18.5 Å². The first-order valence-electron chi connectivity index (χ1n) is 5.37. The standard InChI is InChI=1S/C12H14ClFOS/c13-10-2-1-3-11(14)9(10)6-8-7-15-5-4-12(8)16/h1-3,8,12,16H,4-7H2/t8-,12-/m1/s1. The molecular weight excluding hydrogens is 247 g/mol. The van der Waals surface area contributed by atoms with Crippen molar-refractivity contribution in [3.05, 3.63) is 34.6 Å². The summed E-state index contributed by atoms with van der Waals surface area (Å²) in [6.45, 7) is 1.38. The van der Waals surface area contributed by atoms with Gasteiger partial charge in [0.1, 0.15) is 5.82 Å². The lowest BCUT2D eigenvalue weighted by Crippen LogP contribution is -2.30. The minimum atomic E-state index is -0.237. The molecule has 0 spiro atoms. The van der Waals surface area contributed by atoms with E-state index in [1.807, 2.05) is 0 Å². The van der Waals surface area contributed by atoms with Crippen LogP contribution in [-0.2, 0) is 11.2 Å². The molecule has 1 nitrogen and oxygen atoms in total. The van der Waals surface area contributed by atoms with Gasteiger partial charge in [-0.25, -0.2) is 4.39 Å². The number of hydrogen-bond donors (Lipinski definition) is 1. The van der Waals surface area contributed by atoms with E-state index in [0.717, 1.165) is 13.0 Å². The van der Waals surface area contributed by atoms with Crippen molar-refractivity contribution in [3.8, 4) is 0 Å². The average molecular weight is 261 g/mol. The minimum absolute atomic E-state index is 0.237. The molecule has 2 rings (SSSR count). The van der Waals surface area contributed by atoms with Gasteiger partial charge >= 0.3 is 0 Å². The lowest BCUT2D eigenvalue weighted by Gasteiger charge is -2.28. The van der Waals surface area contributed by atoms with Crippen molar-refractivity contribution in [2.45, 2.75) is 18.1 Å². The first-order valence-corrected chi connectivity index (χ1v) is 6.26. The molecular formula is C12H14ClFOS. The van der Waals surface area contributed by atoms with Crippen LogP contribution >= 0.6 is 24.2 Å². The third-order valence-corrected chi connectivity index (χ3v) is 4.00. The number of thiol groups is 1. The number of benzene rings is 1. The SMILES string of the molecule is Fc1cccc(Cl)c1C[C@@H]1COCC[C@H]1S. The summed E-state index contributed by atoms with van der Waals surface area (Å²) in [7, 11) is 0. The maximum absolute atomic E-state index is 13.6. The summed E-state index contributed by atoms with van der Waals surface area (Å²) in [5.74, 6) is 0.00471. The van der Waals surface area contributed by atoms with Crippen LogP contribution in [0.1, 0.15) is 12.0 Å². The van der Waals surface area contributed by atoms with E-state index in [0.29, 0.717) is 23.6 Å². The number of halogens is 2. The second kappa shape index (κ2) is 5.39. The average Bonchev–Trinajstić information content (AvgIpc) is 2.26. The Morgan fingerprint density at radius 2 is 2.31 bits per heavy atom. The van der Waals surface area contributed by atoms with Gasteiger partial charge in [0.25, 0.3) is 0 Å². The quantitative estimate of drug-likeness (QED) is 0.803. The first-order chi connectivity index (χ1) is 7.68. The maximum Gasteiger partial charge on any atom is 0.127 e. The van der Waals surface area contributed by atoms with Crippen LogP contribution in [0, 0.1) is 11.7 Å². The van der Waals surface area contributed by atoms with Gasteiger partial charge in [0.05, 0.1) is 6.61 Å². The van der Waals surface area contributed by atoms with Gasteiger partial charge in [-0.2, -0.15) is 12.6 Å². The highest BCUT2D eigenvalue weighted by atomic mass is 35.5. The van der Waals surface area contributed by atoms with Gasteiger partial charge < -0.3 is 4.74 Å². The molecule has 1 fully saturated rings. The van der Waals surface area contributed by atoms with Crippen LogP contribution in [0.3, 0.4) is 0 Å². The van der Waals surface area contributed by atoms with Crippen LogP contribution in [0.15, 0.2) is 18.2 Å². The molecule has 0 radical (unpaired) electrons. The molecule has 1 aliphatic rings. The Balaban J connectivity index is 2.13. The van der Waals surface area contributed by atoms with Crippen molar-refractivity contribution in [1.29, 1.82) is 0 Å². The first kappa shape index (κ1) is 12.2.